The zero-order chi connectivity index (χ0) is 21.1. The maximum absolute atomic E-state index is 13.1. The fourth-order valence-corrected chi connectivity index (χ4v) is 4.56. The van der Waals surface area contributed by atoms with Crippen molar-refractivity contribution in [1.82, 2.24) is 4.90 Å². The van der Waals surface area contributed by atoms with Crippen LogP contribution in [0.2, 0.25) is 0 Å². The van der Waals surface area contributed by atoms with Gasteiger partial charge in [-0.05, 0) is 37.3 Å². The second kappa shape index (κ2) is 8.59. The molecule has 0 fully saturated rings. The van der Waals surface area contributed by atoms with E-state index in [1.54, 1.807) is 19.2 Å². The van der Waals surface area contributed by atoms with Crippen LogP contribution in [-0.4, -0.2) is 36.9 Å². The molecule has 0 spiro atoms. The number of carbonyl (C=O) groups is 2. The van der Waals surface area contributed by atoms with Crippen LogP contribution in [-0.2, 0) is 11.4 Å². The van der Waals surface area contributed by atoms with Gasteiger partial charge in [0.05, 0.1) is 17.7 Å². The number of hydrogen-bond donors (Lipinski definition) is 1. The van der Waals surface area contributed by atoms with Crippen molar-refractivity contribution in [3.05, 3.63) is 65.0 Å². The van der Waals surface area contributed by atoms with E-state index in [1.807, 2.05) is 49.4 Å². The minimum atomic E-state index is -0.273. The monoisotopic (exact) mass is 422 g/mol. The molecule has 154 valence electrons. The number of carbonyl (C=O) groups excluding carboxylic acids is 2. The summed E-state index contributed by atoms with van der Waals surface area (Å²) < 4.78 is 11.1. The Bertz CT molecular complexity index is 1090. The van der Waals surface area contributed by atoms with Crippen molar-refractivity contribution >= 4 is 28.8 Å². The molecule has 1 N–H and O–H groups in total. The molecule has 0 aliphatic carbocycles. The first-order chi connectivity index (χ1) is 14.6. The minimum Gasteiger partial charge on any atom is -0.495 e. The van der Waals surface area contributed by atoms with Crippen LogP contribution >= 0.6 is 11.3 Å². The number of hydrogen-bond acceptors (Lipinski definition) is 5. The molecule has 6 nitrogen and oxygen atoms in total. The smallest absolute Gasteiger partial charge is 0.264 e. The number of likely N-dealkylation sites (N-methyl/N-ethyl adjacent to an activating group) is 1. The Labute approximate surface area is 179 Å². The molecule has 0 saturated carbocycles. The van der Waals surface area contributed by atoms with Crippen LogP contribution < -0.4 is 14.8 Å². The van der Waals surface area contributed by atoms with Gasteiger partial charge < -0.3 is 19.7 Å². The molecule has 2 aromatic carbocycles. The topological polar surface area (TPSA) is 67.9 Å². The van der Waals surface area contributed by atoms with E-state index in [1.165, 1.54) is 16.2 Å². The van der Waals surface area contributed by atoms with Gasteiger partial charge in [-0.1, -0.05) is 24.3 Å². The molecule has 1 aliphatic heterocycles. The van der Waals surface area contributed by atoms with Crippen molar-refractivity contribution in [2.24, 2.45) is 0 Å². The van der Waals surface area contributed by atoms with Crippen molar-refractivity contribution in [3.8, 4) is 21.9 Å². The summed E-state index contributed by atoms with van der Waals surface area (Å²) in [5, 5.41) is 2.82. The fraction of sp³-hybridized carbons (Fsp3) is 0.217. The predicted octanol–water partition coefficient (Wildman–Crippen LogP) is 4.42. The number of fused-ring (bicyclic) bond motifs is 3. The first kappa shape index (κ1) is 20.0. The Kier molecular flexibility index (Phi) is 5.72. The van der Waals surface area contributed by atoms with Gasteiger partial charge in [0.1, 0.15) is 24.7 Å². The Morgan fingerprint density at radius 3 is 2.73 bits per heavy atom. The van der Waals surface area contributed by atoms with E-state index < -0.39 is 0 Å². The molecule has 7 heteroatoms. The first-order valence-electron chi connectivity index (χ1n) is 9.67. The minimum absolute atomic E-state index is 0.0387. The standard InChI is InChI=1S/C23H22N2O4S/c1-3-25(13-21(26)24-17-9-5-7-11-19(17)28-2)23(27)20-12-15-14-29-18-10-6-4-8-16(18)22(15)30-20/h4-12H,3,13-14H2,1-2H3,(H,24,26). The maximum atomic E-state index is 13.1. The van der Waals surface area contributed by atoms with E-state index in [9.17, 15) is 9.59 Å². The molecule has 1 aromatic heterocycles. The van der Waals surface area contributed by atoms with Gasteiger partial charge in [0.2, 0.25) is 5.91 Å². The SMILES string of the molecule is CCN(CC(=O)Nc1ccccc1OC)C(=O)c1cc2c(s1)-c1ccccc1OC2. The normalized spacial score (nSPS) is 11.7. The molecule has 0 saturated heterocycles. The molecule has 2 amide bonds. The van der Waals surface area contributed by atoms with E-state index in [0.717, 1.165) is 21.8 Å². The van der Waals surface area contributed by atoms with Crippen molar-refractivity contribution in [2.75, 3.05) is 25.5 Å². The van der Waals surface area contributed by atoms with Crippen molar-refractivity contribution < 1.29 is 19.1 Å². The second-order valence-electron chi connectivity index (χ2n) is 6.82. The molecule has 1 aliphatic rings. The van der Waals surface area contributed by atoms with E-state index in [4.69, 9.17) is 9.47 Å². The average molecular weight is 423 g/mol. The van der Waals surface area contributed by atoms with Crippen LogP contribution in [0.5, 0.6) is 11.5 Å². The lowest BCUT2D eigenvalue weighted by molar-refractivity contribution is -0.116. The van der Waals surface area contributed by atoms with E-state index in [2.05, 4.69) is 5.32 Å². The third-order valence-corrected chi connectivity index (χ3v) is 6.12. The van der Waals surface area contributed by atoms with E-state index in [-0.39, 0.29) is 18.4 Å². The summed E-state index contributed by atoms with van der Waals surface area (Å²) in [5.41, 5.74) is 2.57. The van der Waals surface area contributed by atoms with Crippen LogP contribution in [0.4, 0.5) is 5.69 Å². The Morgan fingerprint density at radius 1 is 1.17 bits per heavy atom. The van der Waals surface area contributed by atoms with Crippen LogP contribution in [0.15, 0.2) is 54.6 Å². The third-order valence-electron chi connectivity index (χ3n) is 4.92. The number of ether oxygens (including phenoxy) is 2. The number of nitrogens with zero attached hydrogens (tertiary/aromatic N) is 1. The number of rotatable bonds is 6. The summed E-state index contributed by atoms with van der Waals surface area (Å²) in [4.78, 5) is 28.9. The first-order valence-corrected chi connectivity index (χ1v) is 10.5. The quantitative estimate of drug-likeness (QED) is 0.639. The molecular weight excluding hydrogens is 400 g/mol. The van der Waals surface area contributed by atoms with Gasteiger partial charge in [-0.15, -0.1) is 11.3 Å². The van der Waals surface area contributed by atoms with Gasteiger partial charge in [0.15, 0.2) is 0 Å². The van der Waals surface area contributed by atoms with E-state index >= 15 is 0 Å². The van der Waals surface area contributed by atoms with Crippen LogP contribution in [0.25, 0.3) is 10.4 Å². The van der Waals surface area contributed by atoms with Crippen molar-refractivity contribution in [1.29, 1.82) is 0 Å². The summed E-state index contributed by atoms with van der Waals surface area (Å²) in [7, 11) is 1.55. The number of amides is 2. The third kappa shape index (κ3) is 3.89. The zero-order valence-electron chi connectivity index (χ0n) is 16.8. The number of benzene rings is 2. The Balaban J connectivity index is 1.50. The van der Waals surface area contributed by atoms with Gasteiger partial charge in [-0.3, -0.25) is 9.59 Å². The molecule has 0 atom stereocenters. The molecule has 4 rings (SSSR count). The van der Waals surface area contributed by atoms with Gasteiger partial charge in [0.25, 0.3) is 5.91 Å². The summed E-state index contributed by atoms with van der Waals surface area (Å²) in [6.07, 6.45) is 0. The Hall–Kier alpha value is -3.32. The molecular formula is C23H22N2O4S. The van der Waals surface area contributed by atoms with E-state index in [0.29, 0.717) is 29.5 Å². The van der Waals surface area contributed by atoms with Crippen LogP contribution in [0.1, 0.15) is 22.2 Å². The number of methoxy groups -OCH3 is 1. The summed E-state index contributed by atoms with van der Waals surface area (Å²) >= 11 is 1.44. The summed E-state index contributed by atoms with van der Waals surface area (Å²) in [6.45, 7) is 2.69. The van der Waals surface area contributed by atoms with Crippen molar-refractivity contribution in [2.45, 2.75) is 13.5 Å². The van der Waals surface area contributed by atoms with Crippen LogP contribution in [0, 0.1) is 0 Å². The van der Waals surface area contributed by atoms with Gasteiger partial charge in [0, 0.05) is 22.5 Å². The zero-order valence-corrected chi connectivity index (χ0v) is 17.6. The second-order valence-corrected chi connectivity index (χ2v) is 7.87. The largest absolute Gasteiger partial charge is 0.495 e. The molecule has 0 bridgehead atoms. The highest BCUT2D eigenvalue weighted by Gasteiger charge is 2.25. The fourth-order valence-electron chi connectivity index (χ4n) is 3.40. The van der Waals surface area contributed by atoms with Crippen LogP contribution in [0.3, 0.4) is 0 Å². The van der Waals surface area contributed by atoms with Gasteiger partial charge in [-0.25, -0.2) is 0 Å². The number of thiophene rings is 1. The highest BCUT2D eigenvalue weighted by Crippen LogP contribution is 2.42. The highest BCUT2D eigenvalue weighted by atomic mass is 32.1. The van der Waals surface area contributed by atoms with Gasteiger partial charge in [-0.2, -0.15) is 0 Å². The number of nitrogens with one attached hydrogen (secondary N) is 1. The molecule has 0 radical (unpaired) electrons. The summed E-state index contributed by atoms with van der Waals surface area (Å²) in [5.74, 6) is 0.966. The summed E-state index contributed by atoms with van der Waals surface area (Å²) in [6, 6.07) is 16.9. The Morgan fingerprint density at radius 2 is 1.93 bits per heavy atom. The number of anilines is 1. The lowest BCUT2D eigenvalue weighted by Gasteiger charge is -2.20. The maximum Gasteiger partial charge on any atom is 0.264 e. The predicted molar refractivity (Wildman–Crippen MR) is 117 cm³/mol. The lowest BCUT2D eigenvalue weighted by atomic mass is 10.1. The molecule has 2 heterocycles. The van der Waals surface area contributed by atoms with Crippen molar-refractivity contribution in [3.63, 3.8) is 0 Å². The average Bonchev–Trinajstić information content (AvgIpc) is 3.22. The molecule has 3 aromatic rings. The highest BCUT2D eigenvalue weighted by molar-refractivity contribution is 7.17. The molecule has 0 unspecified atom stereocenters. The number of para-hydroxylation sites is 3. The molecule has 30 heavy (non-hydrogen) atoms. The lowest BCUT2D eigenvalue weighted by Crippen LogP contribution is -2.37. The van der Waals surface area contributed by atoms with Gasteiger partial charge >= 0.3 is 0 Å².